The van der Waals surface area contributed by atoms with Gasteiger partial charge in [0.1, 0.15) is 11.3 Å². The number of carbonyl (C=O) groups excluding carboxylic acids is 4. The number of amides is 5. The highest BCUT2D eigenvalue weighted by Gasteiger charge is 2.37. The van der Waals surface area contributed by atoms with Crippen LogP contribution in [0.4, 0.5) is 16.2 Å². The number of nitrogens with zero attached hydrogens (tertiary/aromatic N) is 1. The predicted molar refractivity (Wildman–Crippen MR) is 137 cm³/mol. The van der Waals surface area contributed by atoms with Gasteiger partial charge in [-0.25, -0.2) is 9.69 Å². The maximum atomic E-state index is 13.1. The number of nitrogens with one attached hydrogen (secondary N) is 2. The monoisotopic (exact) mass is 523 g/mol. The number of hydrogen-bond donors (Lipinski definition) is 2. The van der Waals surface area contributed by atoms with Crippen LogP contribution in [0.2, 0.25) is 10.0 Å². The highest BCUT2D eigenvalue weighted by atomic mass is 35.5. The molecule has 3 aromatic rings. The molecule has 0 aromatic heterocycles. The third kappa shape index (κ3) is 5.56. The Labute approximate surface area is 216 Å². The van der Waals surface area contributed by atoms with E-state index in [0.29, 0.717) is 32.6 Å². The number of benzene rings is 3. The highest BCUT2D eigenvalue weighted by molar-refractivity contribution is 6.40. The van der Waals surface area contributed by atoms with Crippen molar-refractivity contribution in [3.05, 3.63) is 93.5 Å². The zero-order valence-corrected chi connectivity index (χ0v) is 20.4. The second kappa shape index (κ2) is 10.6. The van der Waals surface area contributed by atoms with E-state index in [1.54, 1.807) is 73.7 Å². The molecule has 182 valence electrons. The summed E-state index contributed by atoms with van der Waals surface area (Å²) >= 11 is 12.0. The van der Waals surface area contributed by atoms with E-state index in [4.69, 9.17) is 27.9 Å². The normalized spacial score (nSPS) is 14.6. The molecule has 0 atom stereocenters. The Bertz CT molecular complexity index is 1390. The third-order valence-corrected chi connectivity index (χ3v) is 5.93. The van der Waals surface area contributed by atoms with E-state index in [1.807, 2.05) is 0 Å². The Hall–Kier alpha value is -4.14. The molecule has 2 N–H and O–H groups in total. The number of imide groups is 2. The fourth-order valence-electron chi connectivity index (χ4n) is 3.42. The smallest absolute Gasteiger partial charge is 0.335 e. The number of rotatable bonds is 6. The van der Waals surface area contributed by atoms with Crippen LogP contribution in [0.3, 0.4) is 0 Å². The Morgan fingerprint density at radius 3 is 2.39 bits per heavy atom. The van der Waals surface area contributed by atoms with Crippen LogP contribution in [0, 0.1) is 6.92 Å². The maximum absolute atomic E-state index is 13.1. The molecule has 0 aliphatic carbocycles. The van der Waals surface area contributed by atoms with E-state index in [2.05, 4.69) is 10.6 Å². The molecular formula is C26H19Cl2N3O5. The summed E-state index contributed by atoms with van der Waals surface area (Å²) in [6.45, 7) is 1.45. The van der Waals surface area contributed by atoms with Gasteiger partial charge in [0.25, 0.3) is 17.7 Å². The third-order valence-electron chi connectivity index (χ3n) is 5.27. The van der Waals surface area contributed by atoms with E-state index in [0.717, 1.165) is 4.90 Å². The van der Waals surface area contributed by atoms with Gasteiger partial charge in [-0.1, -0.05) is 41.4 Å². The van der Waals surface area contributed by atoms with Crippen LogP contribution >= 0.6 is 23.2 Å². The number of hydrogen-bond acceptors (Lipinski definition) is 5. The maximum Gasteiger partial charge on any atom is 0.335 e. The van der Waals surface area contributed by atoms with Crippen molar-refractivity contribution in [2.45, 2.75) is 6.92 Å². The SMILES string of the molecule is Cc1c(Cl)cccc1N1C(=O)NC(=O)/C(=C\c2ccc(OCC(=O)Nc3ccc(Cl)cc3)cc2)C1=O. The number of halogens is 2. The Balaban J connectivity index is 1.45. The average molecular weight is 524 g/mol. The number of ether oxygens (including phenoxy) is 1. The van der Waals surface area contributed by atoms with E-state index < -0.39 is 17.8 Å². The molecule has 10 heteroatoms. The second-order valence-corrected chi connectivity index (χ2v) is 8.60. The zero-order valence-electron chi connectivity index (χ0n) is 18.9. The van der Waals surface area contributed by atoms with E-state index in [9.17, 15) is 19.2 Å². The van der Waals surface area contributed by atoms with Gasteiger partial charge in [-0.3, -0.25) is 19.7 Å². The molecule has 1 heterocycles. The fraction of sp³-hybridized carbons (Fsp3) is 0.0769. The molecule has 4 rings (SSSR count). The molecular weight excluding hydrogens is 505 g/mol. The molecule has 1 aliphatic rings. The topological polar surface area (TPSA) is 105 Å². The quantitative estimate of drug-likeness (QED) is 0.350. The first-order valence-corrected chi connectivity index (χ1v) is 11.4. The van der Waals surface area contributed by atoms with Gasteiger partial charge < -0.3 is 10.1 Å². The molecule has 36 heavy (non-hydrogen) atoms. The minimum absolute atomic E-state index is 0.218. The molecule has 0 spiro atoms. The summed E-state index contributed by atoms with van der Waals surface area (Å²) < 4.78 is 5.49. The van der Waals surface area contributed by atoms with Crippen LogP contribution < -0.4 is 20.3 Å². The minimum atomic E-state index is -0.854. The van der Waals surface area contributed by atoms with Crippen LogP contribution in [-0.4, -0.2) is 30.4 Å². The summed E-state index contributed by atoms with van der Waals surface area (Å²) in [5.74, 6) is -1.52. The lowest BCUT2D eigenvalue weighted by Gasteiger charge is -2.27. The van der Waals surface area contributed by atoms with Crippen LogP contribution in [-0.2, 0) is 14.4 Å². The number of urea groups is 1. The van der Waals surface area contributed by atoms with Gasteiger partial charge in [0.2, 0.25) is 0 Å². The highest BCUT2D eigenvalue weighted by Crippen LogP contribution is 2.29. The first-order valence-electron chi connectivity index (χ1n) is 10.7. The van der Waals surface area contributed by atoms with E-state index >= 15 is 0 Å². The first-order chi connectivity index (χ1) is 17.2. The molecule has 1 saturated heterocycles. The summed E-state index contributed by atoms with van der Waals surface area (Å²) in [5.41, 5.74) is 1.70. The van der Waals surface area contributed by atoms with Gasteiger partial charge >= 0.3 is 6.03 Å². The van der Waals surface area contributed by atoms with Gasteiger partial charge in [-0.2, -0.15) is 0 Å². The molecule has 1 aliphatic heterocycles. The molecule has 0 radical (unpaired) electrons. The Morgan fingerprint density at radius 2 is 1.69 bits per heavy atom. The van der Waals surface area contributed by atoms with Crippen molar-refractivity contribution in [1.82, 2.24) is 5.32 Å². The van der Waals surface area contributed by atoms with Crippen LogP contribution in [0.1, 0.15) is 11.1 Å². The summed E-state index contributed by atoms with van der Waals surface area (Å²) in [7, 11) is 0. The molecule has 5 amide bonds. The summed E-state index contributed by atoms with van der Waals surface area (Å²) in [4.78, 5) is 50.9. The van der Waals surface area contributed by atoms with Crippen molar-refractivity contribution in [2.24, 2.45) is 0 Å². The van der Waals surface area contributed by atoms with Crippen molar-refractivity contribution >= 4 is 64.4 Å². The largest absolute Gasteiger partial charge is 0.484 e. The summed E-state index contributed by atoms with van der Waals surface area (Å²) in [6.07, 6.45) is 1.37. The number of carbonyl (C=O) groups is 4. The van der Waals surface area contributed by atoms with Gasteiger partial charge in [-0.05, 0) is 72.7 Å². The number of anilines is 2. The van der Waals surface area contributed by atoms with Crippen molar-refractivity contribution in [1.29, 1.82) is 0 Å². The minimum Gasteiger partial charge on any atom is -0.484 e. The number of barbiturate groups is 1. The van der Waals surface area contributed by atoms with Crippen LogP contribution in [0.15, 0.2) is 72.3 Å². The standard InChI is InChI=1S/C26H19Cl2N3O5/c1-15-21(28)3-2-4-22(15)31-25(34)20(24(33)30-26(31)35)13-16-5-11-19(12-6-16)36-14-23(32)29-18-9-7-17(27)8-10-18/h2-13H,14H2,1H3,(H,29,32)(H,30,33,35)/b20-13+. The predicted octanol–water partition coefficient (Wildman–Crippen LogP) is 4.99. The van der Waals surface area contributed by atoms with Crippen LogP contribution in [0.25, 0.3) is 6.08 Å². The van der Waals surface area contributed by atoms with Gasteiger partial charge in [0.15, 0.2) is 6.61 Å². The molecule has 0 bridgehead atoms. The lowest BCUT2D eigenvalue weighted by atomic mass is 10.1. The van der Waals surface area contributed by atoms with Crippen molar-refractivity contribution in [3.8, 4) is 5.75 Å². The lowest BCUT2D eigenvalue weighted by Crippen LogP contribution is -2.54. The first kappa shape index (κ1) is 25.0. The molecule has 3 aromatic carbocycles. The van der Waals surface area contributed by atoms with Gasteiger partial charge in [0, 0.05) is 15.7 Å². The van der Waals surface area contributed by atoms with E-state index in [-0.39, 0.29) is 23.8 Å². The lowest BCUT2D eigenvalue weighted by molar-refractivity contribution is -0.122. The molecule has 0 unspecified atom stereocenters. The molecule has 8 nitrogen and oxygen atoms in total. The molecule has 1 fully saturated rings. The second-order valence-electron chi connectivity index (χ2n) is 7.75. The molecule has 0 saturated carbocycles. The van der Waals surface area contributed by atoms with Crippen molar-refractivity contribution < 1.29 is 23.9 Å². The van der Waals surface area contributed by atoms with Crippen LogP contribution in [0.5, 0.6) is 5.75 Å². The fourth-order valence-corrected chi connectivity index (χ4v) is 3.72. The van der Waals surface area contributed by atoms with E-state index in [1.165, 1.54) is 6.08 Å². The Morgan fingerprint density at radius 1 is 1.00 bits per heavy atom. The van der Waals surface area contributed by atoms with Gasteiger partial charge in [0.05, 0.1) is 5.69 Å². The Kier molecular flexibility index (Phi) is 7.38. The zero-order chi connectivity index (χ0) is 25.8. The summed E-state index contributed by atoms with van der Waals surface area (Å²) in [6, 6.07) is 17.1. The average Bonchev–Trinajstić information content (AvgIpc) is 2.85. The summed E-state index contributed by atoms with van der Waals surface area (Å²) in [5, 5.41) is 5.81. The van der Waals surface area contributed by atoms with Crippen molar-refractivity contribution in [3.63, 3.8) is 0 Å². The van der Waals surface area contributed by atoms with Gasteiger partial charge in [-0.15, -0.1) is 0 Å². The van der Waals surface area contributed by atoms with Crippen molar-refractivity contribution in [2.75, 3.05) is 16.8 Å².